The van der Waals surface area contributed by atoms with Crippen molar-refractivity contribution in [3.05, 3.63) is 47.2 Å². The first-order valence-corrected chi connectivity index (χ1v) is 9.72. The van der Waals surface area contributed by atoms with E-state index in [2.05, 4.69) is 5.16 Å². The molecule has 148 valence electrons. The van der Waals surface area contributed by atoms with Crippen molar-refractivity contribution in [1.29, 1.82) is 0 Å². The number of hydrogen-bond acceptors (Lipinski definition) is 7. The van der Waals surface area contributed by atoms with Crippen LogP contribution in [0.3, 0.4) is 0 Å². The van der Waals surface area contributed by atoms with E-state index in [4.69, 9.17) is 14.0 Å². The van der Waals surface area contributed by atoms with Gasteiger partial charge in [-0.3, -0.25) is 9.69 Å². The lowest BCUT2D eigenvalue weighted by molar-refractivity contribution is -0.0485. The normalized spacial score (nSPS) is 33.2. The number of rotatable bonds is 5. The molecule has 2 aliphatic heterocycles. The SMILES string of the molecule is CN(C)[C@@H]1c2onc(OCc3ccccc3)c2C(=O)[C@@]23O[C@@H](CC2CO)C[C@@H]13. The molecule has 7 nitrogen and oxygen atoms in total. The van der Waals surface area contributed by atoms with Crippen LogP contribution in [0.4, 0.5) is 0 Å². The van der Waals surface area contributed by atoms with Crippen LogP contribution in [0.15, 0.2) is 34.9 Å². The highest BCUT2D eigenvalue weighted by Gasteiger charge is 2.69. The summed E-state index contributed by atoms with van der Waals surface area (Å²) in [6.45, 7) is 0.225. The first-order valence-electron chi connectivity index (χ1n) is 9.72. The third kappa shape index (κ3) is 2.33. The number of ketones is 1. The highest BCUT2D eigenvalue weighted by molar-refractivity contribution is 6.07. The molecule has 7 heteroatoms. The van der Waals surface area contributed by atoms with E-state index >= 15 is 0 Å². The van der Waals surface area contributed by atoms with Crippen LogP contribution < -0.4 is 4.74 Å². The average molecular weight is 384 g/mol. The number of nitrogens with zero attached hydrogens (tertiary/aromatic N) is 2. The Kier molecular flexibility index (Phi) is 4.08. The zero-order valence-corrected chi connectivity index (χ0v) is 16.0. The minimum absolute atomic E-state index is 0.000738. The first-order chi connectivity index (χ1) is 13.6. The zero-order valence-electron chi connectivity index (χ0n) is 16.0. The molecule has 3 heterocycles. The molecule has 1 aromatic carbocycles. The largest absolute Gasteiger partial charge is 0.470 e. The number of aromatic nitrogens is 1. The molecule has 5 rings (SSSR count). The minimum atomic E-state index is -1.02. The van der Waals surface area contributed by atoms with Gasteiger partial charge < -0.3 is 19.1 Å². The summed E-state index contributed by atoms with van der Waals surface area (Å²) in [5.41, 5.74) is 0.332. The number of carbonyl (C=O) groups excluding carboxylic acids is 1. The second-order valence-corrected chi connectivity index (χ2v) is 8.23. The molecular weight excluding hydrogens is 360 g/mol. The summed E-state index contributed by atoms with van der Waals surface area (Å²) in [4.78, 5) is 15.7. The standard InChI is InChI=1S/C21H24N2O5/c1-23(2)17-15-9-14-8-13(10-24)21(15,27-14)19(25)16-18(17)28-22-20(16)26-11-12-6-4-3-5-7-12/h3-7,13-15,17,24H,8-11H2,1-2H3/t13?,14-,15-,17-,21+/m0/s1. The van der Waals surface area contributed by atoms with Crippen molar-refractivity contribution in [2.75, 3.05) is 20.7 Å². The maximum absolute atomic E-state index is 13.7. The lowest BCUT2D eigenvalue weighted by Gasteiger charge is -2.45. The molecule has 1 N–H and O–H groups in total. The molecule has 2 bridgehead atoms. The number of aliphatic hydroxyl groups excluding tert-OH is 1. The topological polar surface area (TPSA) is 85.0 Å². The fourth-order valence-electron chi connectivity index (χ4n) is 5.38. The van der Waals surface area contributed by atoms with Gasteiger partial charge in [0.25, 0.3) is 5.88 Å². The monoisotopic (exact) mass is 384 g/mol. The smallest absolute Gasteiger partial charge is 0.265 e. The fraction of sp³-hybridized carbons (Fsp3) is 0.524. The van der Waals surface area contributed by atoms with Gasteiger partial charge in [-0.15, -0.1) is 0 Å². The maximum Gasteiger partial charge on any atom is 0.265 e. The van der Waals surface area contributed by atoms with Gasteiger partial charge in [-0.2, -0.15) is 0 Å². The van der Waals surface area contributed by atoms with E-state index in [-0.39, 0.29) is 42.3 Å². The third-order valence-electron chi connectivity index (χ3n) is 6.50. The molecule has 3 aliphatic rings. The Morgan fingerprint density at radius 1 is 1.29 bits per heavy atom. The number of hydrogen-bond donors (Lipinski definition) is 1. The van der Waals surface area contributed by atoms with E-state index in [1.54, 1.807) is 0 Å². The maximum atomic E-state index is 13.7. The highest BCUT2D eigenvalue weighted by Crippen LogP contribution is 2.61. The summed E-state index contributed by atoms with van der Waals surface area (Å²) < 4.78 is 17.8. The van der Waals surface area contributed by atoms with Gasteiger partial charge in [-0.25, -0.2) is 0 Å². The summed E-state index contributed by atoms with van der Waals surface area (Å²) in [7, 11) is 3.93. The van der Waals surface area contributed by atoms with Gasteiger partial charge in [0.1, 0.15) is 17.8 Å². The lowest BCUT2D eigenvalue weighted by atomic mass is 9.61. The van der Waals surface area contributed by atoms with Crippen molar-refractivity contribution >= 4 is 5.78 Å². The first kappa shape index (κ1) is 17.8. The van der Waals surface area contributed by atoms with Crippen molar-refractivity contribution in [2.24, 2.45) is 11.8 Å². The van der Waals surface area contributed by atoms with Crippen molar-refractivity contribution < 1.29 is 23.9 Å². The number of carbonyl (C=O) groups is 1. The minimum Gasteiger partial charge on any atom is -0.470 e. The zero-order chi connectivity index (χ0) is 19.5. The number of ether oxygens (including phenoxy) is 2. The molecule has 1 aliphatic carbocycles. The molecule has 5 atom stereocenters. The predicted molar refractivity (Wildman–Crippen MR) is 98.9 cm³/mol. The Morgan fingerprint density at radius 2 is 2.07 bits per heavy atom. The average Bonchev–Trinajstić information content (AvgIpc) is 3.38. The summed E-state index contributed by atoms with van der Waals surface area (Å²) in [5.74, 6) is 0.319. The Balaban J connectivity index is 1.55. The lowest BCUT2D eigenvalue weighted by Crippen LogP contribution is -2.56. The number of fused-ring (bicyclic) bond motifs is 2. The molecular formula is C21H24N2O5. The Morgan fingerprint density at radius 3 is 2.79 bits per heavy atom. The third-order valence-corrected chi connectivity index (χ3v) is 6.50. The van der Waals surface area contributed by atoms with Crippen molar-refractivity contribution in [3.8, 4) is 5.88 Å². The molecule has 2 aromatic rings. The molecule has 0 saturated carbocycles. The summed E-state index contributed by atoms with van der Waals surface area (Å²) in [5, 5.41) is 14.1. The summed E-state index contributed by atoms with van der Waals surface area (Å²) in [6, 6.07) is 9.57. The molecule has 2 fully saturated rings. The summed E-state index contributed by atoms with van der Waals surface area (Å²) in [6.07, 6.45) is 1.49. The second kappa shape index (κ2) is 6.40. The molecule has 0 amide bonds. The number of aliphatic hydroxyl groups is 1. The summed E-state index contributed by atoms with van der Waals surface area (Å²) >= 11 is 0. The number of benzene rings is 1. The van der Waals surface area contributed by atoms with Gasteiger partial charge in [-0.05, 0) is 37.7 Å². The quantitative estimate of drug-likeness (QED) is 0.846. The molecule has 1 aromatic heterocycles. The Hall–Kier alpha value is -2.22. The molecule has 0 radical (unpaired) electrons. The van der Waals surface area contributed by atoms with Gasteiger partial charge >= 0.3 is 0 Å². The molecule has 2 saturated heterocycles. The van der Waals surface area contributed by atoms with Crippen LogP contribution in [0, 0.1) is 11.8 Å². The van der Waals surface area contributed by atoms with Crippen LogP contribution in [0.5, 0.6) is 5.88 Å². The van der Waals surface area contributed by atoms with Crippen LogP contribution in [-0.4, -0.2) is 53.4 Å². The van der Waals surface area contributed by atoms with Gasteiger partial charge in [0.15, 0.2) is 5.76 Å². The predicted octanol–water partition coefficient (Wildman–Crippen LogP) is 2.21. The van der Waals surface area contributed by atoms with E-state index < -0.39 is 5.60 Å². The van der Waals surface area contributed by atoms with E-state index in [0.717, 1.165) is 12.0 Å². The molecule has 28 heavy (non-hydrogen) atoms. The Labute approximate surface area is 163 Å². The van der Waals surface area contributed by atoms with E-state index in [1.165, 1.54) is 0 Å². The van der Waals surface area contributed by atoms with Crippen molar-refractivity contribution in [2.45, 2.75) is 37.2 Å². The number of Topliss-reactive ketones (excluding diaryl/α,β-unsaturated/α-hetero) is 1. The van der Waals surface area contributed by atoms with Crippen molar-refractivity contribution in [1.82, 2.24) is 10.1 Å². The highest BCUT2D eigenvalue weighted by atomic mass is 16.5. The molecule has 1 unspecified atom stereocenters. The van der Waals surface area contributed by atoms with E-state index in [0.29, 0.717) is 24.4 Å². The second-order valence-electron chi connectivity index (χ2n) is 8.23. The van der Waals surface area contributed by atoms with E-state index in [1.807, 2.05) is 49.3 Å². The van der Waals surface area contributed by atoms with Crippen LogP contribution in [0.1, 0.15) is 40.6 Å². The van der Waals surface area contributed by atoms with Gasteiger partial charge in [0.2, 0.25) is 5.78 Å². The van der Waals surface area contributed by atoms with E-state index in [9.17, 15) is 9.90 Å². The van der Waals surface area contributed by atoms with Gasteiger partial charge in [-0.1, -0.05) is 30.3 Å². The van der Waals surface area contributed by atoms with Crippen LogP contribution in [-0.2, 0) is 11.3 Å². The van der Waals surface area contributed by atoms with Crippen molar-refractivity contribution in [3.63, 3.8) is 0 Å². The van der Waals surface area contributed by atoms with Gasteiger partial charge in [0, 0.05) is 18.4 Å². The van der Waals surface area contributed by atoms with Crippen LogP contribution >= 0.6 is 0 Å². The molecule has 1 spiro atoms. The van der Waals surface area contributed by atoms with Gasteiger partial charge in [0.05, 0.1) is 12.1 Å². The van der Waals surface area contributed by atoms with Crippen LogP contribution in [0.2, 0.25) is 0 Å². The van der Waals surface area contributed by atoms with Crippen LogP contribution in [0.25, 0.3) is 0 Å². The Bertz CT molecular complexity index is 895. The fourth-order valence-corrected chi connectivity index (χ4v) is 5.38.